The van der Waals surface area contributed by atoms with Crippen LogP contribution in [0.1, 0.15) is 84.0 Å². The van der Waals surface area contributed by atoms with E-state index in [9.17, 15) is 8.78 Å². The van der Waals surface area contributed by atoms with E-state index >= 15 is 0 Å². The summed E-state index contributed by atoms with van der Waals surface area (Å²) in [5.74, 6) is 3.06. The maximum Gasteiger partial charge on any atom is 0.204 e. The Morgan fingerprint density at radius 1 is 0.742 bits per heavy atom. The van der Waals surface area contributed by atoms with E-state index in [0.717, 1.165) is 36.0 Å². The van der Waals surface area contributed by atoms with Crippen molar-refractivity contribution in [1.29, 1.82) is 0 Å². The third-order valence-corrected chi connectivity index (χ3v) is 8.72. The molecule has 3 aliphatic rings. The van der Waals surface area contributed by atoms with Crippen molar-refractivity contribution in [3.63, 3.8) is 0 Å². The molecule has 0 spiro atoms. The Morgan fingerprint density at radius 3 is 2.00 bits per heavy atom. The molecule has 1 aromatic rings. The first-order valence-electron chi connectivity index (χ1n) is 12.7. The van der Waals surface area contributed by atoms with Crippen molar-refractivity contribution in [3.05, 3.63) is 23.8 Å². The quantitative estimate of drug-likeness (QED) is 0.436. The standard InChI is InChI=1S/C27H40F2O2/c1-3-4-18-5-8-20(9-6-18)22-12-11-21-15-19(7-10-23(21)16-22)17-31-25-14-13-24(30-2)26(28)27(25)29/h13-14,18-23H,3-12,15-17H2,1-2H3. The minimum atomic E-state index is -0.967. The average Bonchev–Trinajstić information content (AvgIpc) is 2.80. The van der Waals surface area contributed by atoms with E-state index in [1.165, 1.54) is 89.9 Å². The number of fused-ring (bicyclic) bond motifs is 1. The van der Waals surface area contributed by atoms with Gasteiger partial charge in [-0.1, -0.05) is 32.6 Å². The smallest absolute Gasteiger partial charge is 0.204 e. The summed E-state index contributed by atoms with van der Waals surface area (Å²) in [4.78, 5) is 0. The predicted molar refractivity (Wildman–Crippen MR) is 120 cm³/mol. The summed E-state index contributed by atoms with van der Waals surface area (Å²) in [6, 6.07) is 2.91. The van der Waals surface area contributed by atoms with Crippen molar-refractivity contribution < 1.29 is 18.3 Å². The zero-order chi connectivity index (χ0) is 21.8. The molecular weight excluding hydrogens is 394 g/mol. The van der Waals surface area contributed by atoms with Gasteiger partial charge in [-0.25, -0.2) is 0 Å². The predicted octanol–water partition coefficient (Wildman–Crippen LogP) is 7.79. The van der Waals surface area contributed by atoms with Crippen LogP contribution in [0, 0.1) is 47.1 Å². The average molecular weight is 435 g/mol. The van der Waals surface area contributed by atoms with Crippen LogP contribution in [0.3, 0.4) is 0 Å². The fourth-order valence-electron chi connectivity index (χ4n) is 6.95. The van der Waals surface area contributed by atoms with Crippen molar-refractivity contribution in [2.24, 2.45) is 35.5 Å². The summed E-state index contributed by atoms with van der Waals surface area (Å²) in [7, 11) is 1.34. The molecule has 3 aliphatic carbocycles. The lowest BCUT2D eigenvalue weighted by atomic mass is 9.61. The topological polar surface area (TPSA) is 18.5 Å². The van der Waals surface area contributed by atoms with Gasteiger partial charge in [0.15, 0.2) is 11.5 Å². The number of benzene rings is 1. The van der Waals surface area contributed by atoms with E-state index < -0.39 is 11.6 Å². The largest absolute Gasteiger partial charge is 0.494 e. The molecule has 0 bridgehead atoms. The summed E-state index contributed by atoms with van der Waals surface area (Å²) in [5, 5.41) is 0. The van der Waals surface area contributed by atoms with Crippen molar-refractivity contribution >= 4 is 0 Å². The normalized spacial score (nSPS) is 33.5. The maximum absolute atomic E-state index is 14.2. The summed E-state index contributed by atoms with van der Waals surface area (Å²) in [5.41, 5.74) is 0. The Hall–Kier alpha value is -1.32. The summed E-state index contributed by atoms with van der Waals surface area (Å²) >= 11 is 0. The Morgan fingerprint density at radius 2 is 1.29 bits per heavy atom. The molecule has 174 valence electrons. The molecule has 4 heteroatoms. The summed E-state index contributed by atoms with van der Waals surface area (Å²) < 4.78 is 38.6. The molecule has 0 amide bonds. The van der Waals surface area contributed by atoms with Gasteiger partial charge in [-0.2, -0.15) is 8.78 Å². The molecule has 0 N–H and O–H groups in total. The molecular formula is C27H40F2O2. The molecule has 4 unspecified atom stereocenters. The zero-order valence-electron chi connectivity index (χ0n) is 19.4. The van der Waals surface area contributed by atoms with Gasteiger partial charge in [-0.05, 0) is 99.0 Å². The van der Waals surface area contributed by atoms with Crippen LogP contribution in [0.5, 0.6) is 11.5 Å². The Kier molecular flexibility index (Phi) is 7.77. The fourth-order valence-corrected chi connectivity index (χ4v) is 6.95. The second-order valence-electron chi connectivity index (χ2n) is 10.5. The molecule has 2 nitrogen and oxygen atoms in total. The number of hydrogen-bond donors (Lipinski definition) is 0. The molecule has 1 aromatic carbocycles. The van der Waals surface area contributed by atoms with Gasteiger partial charge in [0.1, 0.15) is 0 Å². The van der Waals surface area contributed by atoms with Crippen molar-refractivity contribution in [1.82, 2.24) is 0 Å². The van der Waals surface area contributed by atoms with Gasteiger partial charge in [0.25, 0.3) is 0 Å². The van der Waals surface area contributed by atoms with Gasteiger partial charge in [0, 0.05) is 0 Å². The lowest BCUT2D eigenvalue weighted by molar-refractivity contribution is 0.0478. The second kappa shape index (κ2) is 10.5. The first-order chi connectivity index (χ1) is 15.1. The van der Waals surface area contributed by atoms with E-state index in [1.807, 2.05) is 0 Å². The lowest BCUT2D eigenvalue weighted by Gasteiger charge is -2.45. The maximum atomic E-state index is 14.2. The van der Waals surface area contributed by atoms with Gasteiger partial charge in [-0.3, -0.25) is 0 Å². The second-order valence-corrected chi connectivity index (χ2v) is 10.5. The van der Waals surface area contributed by atoms with Gasteiger partial charge in [0.2, 0.25) is 11.6 Å². The highest BCUT2D eigenvalue weighted by Gasteiger charge is 2.38. The van der Waals surface area contributed by atoms with Crippen LogP contribution in [0.15, 0.2) is 12.1 Å². The highest BCUT2D eigenvalue weighted by molar-refractivity contribution is 5.34. The summed E-state index contributed by atoms with van der Waals surface area (Å²) in [6.45, 7) is 2.80. The highest BCUT2D eigenvalue weighted by atomic mass is 19.2. The van der Waals surface area contributed by atoms with Crippen LogP contribution < -0.4 is 9.47 Å². The van der Waals surface area contributed by atoms with E-state index in [4.69, 9.17) is 9.47 Å². The fraction of sp³-hybridized carbons (Fsp3) is 0.778. The summed E-state index contributed by atoms with van der Waals surface area (Å²) in [6.07, 6.45) is 16.4. The van der Waals surface area contributed by atoms with Crippen LogP contribution in [0.4, 0.5) is 8.78 Å². The van der Waals surface area contributed by atoms with E-state index in [2.05, 4.69) is 6.92 Å². The van der Waals surface area contributed by atoms with Gasteiger partial charge >= 0.3 is 0 Å². The first-order valence-corrected chi connectivity index (χ1v) is 12.7. The third-order valence-electron chi connectivity index (χ3n) is 8.72. The highest BCUT2D eigenvalue weighted by Crippen LogP contribution is 2.49. The monoisotopic (exact) mass is 434 g/mol. The molecule has 4 atom stereocenters. The van der Waals surface area contributed by atoms with Crippen LogP contribution in [-0.2, 0) is 0 Å². The Bertz CT molecular complexity index is 713. The van der Waals surface area contributed by atoms with Crippen LogP contribution >= 0.6 is 0 Å². The molecule has 4 rings (SSSR count). The number of halogens is 2. The minimum Gasteiger partial charge on any atom is -0.494 e. The van der Waals surface area contributed by atoms with Crippen LogP contribution in [0.2, 0.25) is 0 Å². The van der Waals surface area contributed by atoms with Crippen molar-refractivity contribution in [2.75, 3.05) is 13.7 Å². The third kappa shape index (κ3) is 5.37. The van der Waals surface area contributed by atoms with E-state index in [0.29, 0.717) is 12.5 Å². The van der Waals surface area contributed by atoms with Gasteiger partial charge < -0.3 is 9.47 Å². The molecule has 3 fully saturated rings. The van der Waals surface area contributed by atoms with Gasteiger partial charge in [-0.15, -0.1) is 0 Å². The number of rotatable bonds is 7. The molecule has 0 heterocycles. The molecule has 0 saturated heterocycles. The van der Waals surface area contributed by atoms with E-state index in [-0.39, 0.29) is 11.5 Å². The van der Waals surface area contributed by atoms with Crippen molar-refractivity contribution in [3.8, 4) is 11.5 Å². The Labute approximate surface area is 187 Å². The molecule has 0 aromatic heterocycles. The van der Waals surface area contributed by atoms with E-state index in [1.54, 1.807) is 0 Å². The lowest BCUT2D eigenvalue weighted by Crippen LogP contribution is -2.35. The van der Waals surface area contributed by atoms with Gasteiger partial charge in [0.05, 0.1) is 13.7 Å². The molecule has 31 heavy (non-hydrogen) atoms. The Balaban J connectivity index is 1.24. The number of methoxy groups -OCH3 is 1. The molecule has 0 aliphatic heterocycles. The van der Waals surface area contributed by atoms with Crippen LogP contribution in [-0.4, -0.2) is 13.7 Å². The number of hydrogen-bond acceptors (Lipinski definition) is 2. The number of ether oxygens (including phenoxy) is 2. The molecule has 0 radical (unpaired) electrons. The van der Waals surface area contributed by atoms with Crippen LogP contribution in [0.25, 0.3) is 0 Å². The first kappa shape index (κ1) is 22.9. The zero-order valence-corrected chi connectivity index (χ0v) is 19.4. The SMILES string of the molecule is CCCC1CCC(C2CCC3CC(COc4ccc(OC)c(F)c4F)CCC3C2)CC1. The minimum absolute atomic E-state index is 0.00260. The van der Waals surface area contributed by atoms with Crippen molar-refractivity contribution in [2.45, 2.75) is 84.0 Å². The molecule has 3 saturated carbocycles.